The molecule has 1 fully saturated rings. The van der Waals surface area contributed by atoms with Gasteiger partial charge in [0.2, 0.25) is 0 Å². The Morgan fingerprint density at radius 1 is 0.627 bits per heavy atom. The number of carbonyl (C=O) groups is 1. The quantitative estimate of drug-likeness (QED) is 0.177. The number of nitriles is 1. The lowest BCUT2D eigenvalue weighted by molar-refractivity contribution is 0.0898. The molecular weight excluding hydrogens is 621 g/mol. The first-order valence-corrected chi connectivity index (χ1v) is 18.6. The summed E-state index contributed by atoms with van der Waals surface area (Å²) in [5.41, 5.74) is 19.1. The fourth-order valence-corrected chi connectivity index (χ4v) is 11.4. The molecule has 0 unspecified atom stereocenters. The van der Waals surface area contributed by atoms with Crippen LogP contribution < -0.4 is 0 Å². The molecule has 1 saturated carbocycles. The summed E-state index contributed by atoms with van der Waals surface area (Å²) in [4.78, 5) is 14.1. The van der Waals surface area contributed by atoms with Crippen molar-refractivity contribution in [3.63, 3.8) is 0 Å². The summed E-state index contributed by atoms with van der Waals surface area (Å²) in [6.45, 7) is 4.44. The molecule has 0 atom stereocenters. The van der Waals surface area contributed by atoms with Crippen LogP contribution in [0.1, 0.15) is 109 Å². The Morgan fingerprint density at radius 3 is 1.88 bits per heavy atom. The number of hydrogen-bond acceptors (Lipinski definition) is 2. The fourth-order valence-electron chi connectivity index (χ4n) is 11.4. The molecule has 3 nitrogen and oxygen atoms in total. The number of carbonyl (C=O) groups excluding carboxylic acids is 1. The van der Waals surface area contributed by atoms with E-state index in [0.717, 1.165) is 47.8 Å². The molecule has 0 amide bonds. The van der Waals surface area contributed by atoms with Gasteiger partial charge in [0.15, 0.2) is 5.78 Å². The lowest BCUT2D eigenvalue weighted by Crippen LogP contribution is -2.28. The van der Waals surface area contributed by atoms with Gasteiger partial charge in [-0.3, -0.25) is 4.79 Å². The third kappa shape index (κ3) is 3.33. The van der Waals surface area contributed by atoms with E-state index in [1.54, 1.807) is 0 Å². The van der Waals surface area contributed by atoms with E-state index < -0.39 is 0 Å². The number of fused-ring (bicyclic) bond motifs is 8. The highest BCUT2D eigenvalue weighted by molar-refractivity contribution is 6.26. The summed E-state index contributed by atoms with van der Waals surface area (Å²) in [6.07, 6.45) is 4.18. The second-order valence-corrected chi connectivity index (χ2v) is 15.8. The van der Waals surface area contributed by atoms with Gasteiger partial charge in [0.25, 0.3) is 0 Å². The molecule has 0 saturated heterocycles. The summed E-state index contributed by atoms with van der Waals surface area (Å²) in [5.74, 6) is 0.940. The Bertz CT molecular complexity index is 2880. The zero-order valence-electron chi connectivity index (χ0n) is 28.7. The number of benzene rings is 6. The van der Waals surface area contributed by atoms with Crippen LogP contribution in [-0.2, 0) is 0 Å². The van der Waals surface area contributed by atoms with Crippen LogP contribution in [0.4, 0.5) is 0 Å². The maximum absolute atomic E-state index is 14.1. The highest BCUT2D eigenvalue weighted by atomic mass is 16.1. The van der Waals surface area contributed by atoms with Crippen LogP contribution in [0.15, 0.2) is 97.1 Å². The van der Waals surface area contributed by atoms with Crippen molar-refractivity contribution in [3.8, 4) is 17.2 Å². The van der Waals surface area contributed by atoms with Crippen LogP contribution in [-0.4, -0.2) is 10.2 Å². The van der Waals surface area contributed by atoms with E-state index >= 15 is 0 Å². The van der Waals surface area contributed by atoms with E-state index in [9.17, 15) is 10.1 Å². The zero-order valence-corrected chi connectivity index (χ0v) is 28.7. The van der Waals surface area contributed by atoms with Crippen molar-refractivity contribution in [3.05, 3.63) is 158 Å². The van der Waals surface area contributed by atoms with Gasteiger partial charge < -0.3 is 4.40 Å². The molecule has 51 heavy (non-hydrogen) atoms. The Balaban J connectivity index is 1.30. The SMILES string of the molecule is Cc1cccc(C)c1-c1cc2c3cc4c(cc3n3c5cc(C#N)c6c(c5c(c1)c23)C1c2ccccc2C6c2ccccc21)C(=O)C1CCC4CC1. The molecule has 6 aliphatic carbocycles. The Kier molecular flexibility index (Phi) is 5.24. The number of ketones is 1. The molecule has 2 aromatic heterocycles. The summed E-state index contributed by atoms with van der Waals surface area (Å²) in [7, 11) is 0. The molecule has 0 N–H and O–H groups in total. The van der Waals surface area contributed by atoms with Crippen LogP contribution in [0.2, 0.25) is 0 Å². The molecule has 6 aromatic carbocycles. The molecule has 3 heteroatoms. The Morgan fingerprint density at radius 2 is 1.24 bits per heavy atom. The second-order valence-electron chi connectivity index (χ2n) is 15.8. The number of nitrogens with zero attached hydrogens (tertiary/aromatic N) is 2. The lowest BCUT2D eigenvalue weighted by Gasteiger charge is -2.43. The first-order valence-electron chi connectivity index (χ1n) is 18.6. The number of aromatic nitrogens is 1. The fraction of sp³-hybridized carbons (Fsp3) is 0.208. The summed E-state index contributed by atoms with van der Waals surface area (Å²) >= 11 is 0. The average molecular weight is 655 g/mol. The number of Topliss-reactive ketones (excluding diaryl/α,β-unsaturated/α-hetero) is 1. The van der Waals surface area contributed by atoms with Crippen molar-refractivity contribution in [2.24, 2.45) is 5.92 Å². The summed E-state index contributed by atoms with van der Waals surface area (Å²) in [6, 6.07) is 38.7. The number of hydrogen-bond donors (Lipinski definition) is 0. The van der Waals surface area contributed by atoms with Gasteiger partial charge in [-0.25, -0.2) is 0 Å². The average Bonchev–Trinajstić information content (AvgIpc) is 3.59. The van der Waals surface area contributed by atoms with Gasteiger partial charge in [0.05, 0.1) is 28.2 Å². The minimum atomic E-state index is 0.00945. The van der Waals surface area contributed by atoms with E-state index in [0.29, 0.717) is 11.7 Å². The first-order chi connectivity index (χ1) is 25.0. The topological polar surface area (TPSA) is 45.3 Å². The van der Waals surface area contributed by atoms with E-state index in [-0.39, 0.29) is 17.8 Å². The molecule has 6 aliphatic rings. The van der Waals surface area contributed by atoms with Crippen molar-refractivity contribution in [1.82, 2.24) is 4.40 Å². The van der Waals surface area contributed by atoms with Gasteiger partial charge in [0, 0.05) is 44.9 Å². The van der Waals surface area contributed by atoms with Crippen molar-refractivity contribution in [2.45, 2.75) is 57.3 Å². The normalized spacial score (nSPS) is 21.2. The van der Waals surface area contributed by atoms with Crippen molar-refractivity contribution >= 4 is 43.9 Å². The highest BCUT2D eigenvalue weighted by Gasteiger charge is 2.44. The van der Waals surface area contributed by atoms with Crippen molar-refractivity contribution < 1.29 is 4.79 Å². The summed E-state index contributed by atoms with van der Waals surface area (Å²) in [5, 5.41) is 15.9. The van der Waals surface area contributed by atoms with Crippen molar-refractivity contribution in [2.75, 3.05) is 0 Å². The monoisotopic (exact) mass is 654 g/mol. The Hall–Kier alpha value is -5.72. The van der Waals surface area contributed by atoms with Gasteiger partial charge in [-0.1, -0.05) is 66.7 Å². The van der Waals surface area contributed by atoms with Crippen LogP contribution in [0, 0.1) is 31.1 Å². The van der Waals surface area contributed by atoms with Crippen LogP contribution in [0.5, 0.6) is 0 Å². The third-order valence-electron chi connectivity index (χ3n) is 13.4. The maximum atomic E-state index is 14.1. The predicted molar refractivity (Wildman–Crippen MR) is 205 cm³/mol. The van der Waals surface area contributed by atoms with E-state index in [2.05, 4.69) is 121 Å². The van der Waals surface area contributed by atoms with Gasteiger partial charge in [-0.15, -0.1) is 0 Å². The maximum Gasteiger partial charge on any atom is 0.166 e. The second kappa shape index (κ2) is 9.53. The molecule has 0 spiro atoms. The summed E-state index contributed by atoms with van der Waals surface area (Å²) < 4.78 is 2.42. The van der Waals surface area contributed by atoms with E-state index in [1.165, 1.54) is 88.3 Å². The van der Waals surface area contributed by atoms with Crippen LogP contribution in [0.3, 0.4) is 0 Å². The standard InChI is InChI=1S/C48H34N2O/c1-24-8-7-9-25(2)41(24)28-18-36-35-21-34-26-14-16-27(17-15-26)48(51)37(34)22-39(35)50-40-20-29(23-49)42-43-30-10-3-5-12-32(30)44(33-13-6-4-11-31(33)43)46(42)45(40)38(19-28)47(36)50/h3-13,18-22,26-27,43-44H,14-17H2,1-2H3. The predicted octanol–water partition coefficient (Wildman–Crippen LogP) is 11.4. The molecule has 14 rings (SSSR count). The Labute approximate surface area is 296 Å². The number of aryl methyl sites for hydroxylation is 2. The van der Waals surface area contributed by atoms with Gasteiger partial charge in [-0.05, 0) is 137 Å². The molecule has 4 bridgehead atoms. The van der Waals surface area contributed by atoms with Gasteiger partial charge in [-0.2, -0.15) is 5.26 Å². The van der Waals surface area contributed by atoms with Crippen LogP contribution in [0.25, 0.3) is 49.2 Å². The minimum Gasteiger partial charge on any atom is -0.308 e. The molecule has 8 aromatic rings. The van der Waals surface area contributed by atoms with E-state index in [1.807, 2.05) is 0 Å². The molecular formula is C48H34N2O. The van der Waals surface area contributed by atoms with E-state index in [4.69, 9.17) is 0 Å². The number of rotatable bonds is 1. The first kappa shape index (κ1) is 28.0. The largest absolute Gasteiger partial charge is 0.308 e. The van der Waals surface area contributed by atoms with Gasteiger partial charge in [0.1, 0.15) is 0 Å². The van der Waals surface area contributed by atoms with Crippen molar-refractivity contribution in [1.29, 1.82) is 5.26 Å². The molecule has 0 radical (unpaired) electrons. The third-order valence-corrected chi connectivity index (χ3v) is 13.4. The smallest absolute Gasteiger partial charge is 0.166 e. The zero-order chi connectivity index (χ0) is 33.9. The molecule has 2 heterocycles. The lowest BCUT2D eigenvalue weighted by atomic mass is 9.59. The van der Waals surface area contributed by atoms with Crippen LogP contribution >= 0.6 is 0 Å². The minimum absolute atomic E-state index is 0.00945. The molecule has 0 aliphatic heterocycles. The highest BCUT2D eigenvalue weighted by Crippen LogP contribution is 2.60. The molecule has 242 valence electrons. The van der Waals surface area contributed by atoms with Gasteiger partial charge >= 0.3 is 0 Å².